The molecule has 0 atom stereocenters. The molecule has 3 aromatic rings. The lowest BCUT2D eigenvalue weighted by molar-refractivity contribution is -0.648. The number of amides is 1. The molecule has 0 saturated carbocycles. The molecule has 4 N–H and O–H groups in total. The average molecular weight is 513 g/mol. The fourth-order valence-electron chi connectivity index (χ4n) is 3.73. The van der Waals surface area contributed by atoms with E-state index in [2.05, 4.69) is 63.0 Å². The molecule has 1 heterocycles. The number of aromatic nitrogens is 2. The van der Waals surface area contributed by atoms with Crippen molar-refractivity contribution in [2.75, 3.05) is 12.3 Å². The van der Waals surface area contributed by atoms with Gasteiger partial charge in [-0.1, -0.05) is 55.3 Å². The number of ether oxygens (including phenoxy) is 1. The average Bonchev–Trinajstić information content (AvgIpc) is 3.09. The van der Waals surface area contributed by atoms with Gasteiger partial charge in [0.15, 0.2) is 5.97 Å². The number of anilines is 1. The first-order valence-electron chi connectivity index (χ1n) is 12.2. The van der Waals surface area contributed by atoms with Crippen LogP contribution in [0.4, 0.5) is 10.7 Å². The van der Waals surface area contributed by atoms with Gasteiger partial charge < -0.3 is 25.1 Å². The summed E-state index contributed by atoms with van der Waals surface area (Å²) in [6, 6.07) is 18.8. The number of fused-ring (bicyclic) bond motifs is 1. The molecule has 2 aromatic carbocycles. The Balaban J connectivity index is 0.000000717. The number of nitrogens with one attached hydrogen (secondary N) is 1. The van der Waals surface area contributed by atoms with Gasteiger partial charge in [-0.3, -0.25) is 5.73 Å². The number of carboxylic acid groups (broad SMARTS) is 2. The zero-order valence-electron chi connectivity index (χ0n) is 21.6. The second kappa shape index (κ2) is 13.9. The van der Waals surface area contributed by atoms with E-state index in [0.29, 0.717) is 6.54 Å². The summed E-state index contributed by atoms with van der Waals surface area (Å²) in [4.78, 5) is 29.7. The first kappa shape index (κ1) is 29.2. The monoisotopic (exact) mass is 512 g/mol. The summed E-state index contributed by atoms with van der Waals surface area (Å²) in [7, 11) is 0. The van der Waals surface area contributed by atoms with Crippen LogP contribution in [0.1, 0.15) is 52.0 Å². The van der Waals surface area contributed by atoms with E-state index in [4.69, 9.17) is 30.3 Å². The molecule has 0 aliphatic heterocycles. The number of nitrogens with zero attached hydrogens (tertiary/aromatic N) is 2. The van der Waals surface area contributed by atoms with Crippen LogP contribution < -0.4 is 20.7 Å². The standard InChI is InChI=1S/C25H34N4O2.C2H2O4/c1-25(2,3)31-24(30)27-17-11-4-5-12-18-28-21-15-9-10-16-22(21)29(23(28)26)19-20-13-7-6-8-14-20;3-1(4)2(5)6/h6-10,13-16,26H,4-5,11-12,17-19H2,1-3H3,(H,27,30);(H,3,4)(H,5,6). The molecule has 37 heavy (non-hydrogen) atoms. The highest BCUT2D eigenvalue weighted by Gasteiger charge is 2.20. The predicted molar refractivity (Wildman–Crippen MR) is 137 cm³/mol. The molecular weight excluding hydrogens is 476 g/mol. The number of carboxylic acids is 2. The summed E-state index contributed by atoms with van der Waals surface area (Å²) >= 11 is 0. The lowest BCUT2D eigenvalue weighted by Gasteiger charge is -2.19. The van der Waals surface area contributed by atoms with E-state index in [9.17, 15) is 4.79 Å². The van der Waals surface area contributed by atoms with Gasteiger partial charge in [-0.2, -0.15) is 0 Å². The lowest BCUT2D eigenvalue weighted by atomic mass is 10.2. The number of imidazole rings is 1. The number of aliphatic carboxylic acids is 2. The Morgan fingerprint density at radius 1 is 1.00 bits per heavy atom. The van der Waals surface area contributed by atoms with E-state index >= 15 is 0 Å². The number of nitrogens with two attached hydrogens (primary N) is 1. The number of hydrogen-bond acceptors (Lipinski definition) is 6. The van der Waals surface area contributed by atoms with Gasteiger partial charge in [-0.15, -0.1) is 0 Å². The molecule has 0 fully saturated rings. The predicted octanol–water partition coefficient (Wildman–Crippen LogP) is 2.47. The van der Waals surface area contributed by atoms with Crippen LogP contribution in [0.2, 0.25) is 0 Å². The van der Waals surface area contributed by atoms with Gasteiger partial charge in [0.2, 0.25) is 0 Å². The second-order valence-electron chi connectivity index (χ2n) is 9.51. The Morgan fingerprint density at radius 2 is 1.59 bits per heavy atom. The van der Waals surface area contributed by atoms with E-state index in [0.717, 1.165) is 50.2 Å². The number of benzene rings is 2. The number of para-hydroxylation sites is 2. The summed E-state index contributed by atoms with van der Waals surface area (Å²) in [6.07, 6.45) is 3.78. The number of aryl methyl sites for hydroxylation is 1. The Bertz CT molecular complexity index is 1170. The number of nitrogen functional groups attached to an aromatic ring is 1. The summed E-state index contributed by atoms with van der Waals surface area (Å²) in [5, 5.41) is 19.1. The van der Waals surface area contributed by atoms with Crippen molar-refractivity contribution in [1.29, 1.82) is 0 Å². The molecule has 0 spiro atoms. The SMILES string of the molecule is CC(C)(C)OC(=O)NCCCCCCn1c(N)[n+](Cc2ccccc2)c2ccccc21.O=C([O-])C(=O)O. The van der Waals surface area contributed by atoms with Gasteiger partial charge in [-0.25, -0.2) is 18.7 Å². The number of rotatable bonds is 9. The Kier molecular flexibility index (Phi) is 10.9. The molecule has 10 heteroatoms. The maximum atomic E-state index is 11.7. The van der Waals surface area contributed by atoms with Crippen LogP contribution in [-0.4, -0.2) is 39.9 Å². The Hall–Kier alpha value is -4.08. The molecule has 10 nitrogen and oxygen atoms in total. The third-order valence-corrected chi connectivity index (χ3v) is 5.35. The number of alkyl carbamates (subject to hydrolysis) is 1. The summed E-state index contributed by atoms with van der Waals surface area (Å²) in [5.41, 5.74) is 9.68. The van der Waals surface area contributed by atoms with Gasteiger partial charge in [0.1, 0.15) is 16.6 Å². The van der Waals surface area contributed by atoms with Crippen molar-refractivity contribution >= 4 is 35.0 Å². The lowest BCUT2D eigenvalue weighted by Crippen LogP contribution is -2.37. The van der Waals surface area contributed by atoms with Gasteiger partial charge in [0, 0.05) is 6.54 Å². The quantitative estimate of drug-likeness (QED) is 0.226. The molecule has 1 aromatic heterocycles. The van der Waals surface area contributed by atoms with Crippen molar-refractivity contribution < 1.29 is 33.9 Å². The smallest absolute Gasteiger partial charge is 0.407 e. The van der Waals surface area contributed by atoms with Gasteiger partial charge >= 0.3 is 18.0 Å². The van der Waals surface area contributed by atoms with E-state index in [1.165, 1.54) is 11.1 Å². The van der Waals surface area contributed by atoms with E-state index < -0.39 is 17.5 Å². The van der Waals surface area contributed by atoms with Crippen molar-refractivity contribution in [2.24, 2.45) is 0 Å². The number of carbonyl (C=O) groups is 3. The van der Waals surface area contributed by atoms with E-state index in [1.54, 1.807) is 0 Å². The number of unbranched alkanes of at least 4 members (excludes halogenated alkanes) is 3. The molecule has 3 rings (SSSR count). The summed E-state index contributed by atoms with van der Waals surface area (Å²) in [5.74, 6) is -3.22. The van der Waals surface area contributed by atoms with Crippen molar-refractivity contribution in [3.63, 3.8) is 0 Å². The third kappa shape index (κ3) is 9.83. The number of hydrogen-bond donors (Lipinski definition) is 3. The zero-order valence-corrected chi connectivity index (χ0v) is 21.6. The Morgan fingerprint density at radius 3 is 2.22 bits per heavy atom. The fraction of sp³-hybridized carbons (Fsp3) is 0.407. The molecule has 0 radical (unpaired) electrons. The van der Waals surface area contributed by atoms with Crippen LogP contribution in [0.15, 0.2) is 54.6 Å². The maximum Gasteiger partial charge on any atom is 0.407 e. The Labute approximate surface area is 216 Å². The summed E-state index contributed by atoms with van der Waals surface area (Å²) in [6.45, 7) is 7.89. The van der Waals surface area contributed by atoms with Crippen molar-refractivity contribution in [1.82, 2.24) is 9.88 Å². The largest absolute Gasteiger partial charge is 0.539 e. The number of carbonyl (C=O) groups excluding carboxylic acids is 2. The van der Waals surface area contributed by atoms with Crippen LogP contribution in [0.3, 0.4) is 0 Å². The molecule has 0 aliphatic rings. The molecule has 0 aliphatic carbocycles. The van der Waals surface area contributed by atoms with Crippen molar-refractivity contribution in [2.45, 2.75) is 65.1 Å². The highest BCUT2D eigenvalue weighted by atomic mass is 16.6. The van der Waals surface area contributed by atoms with E-state index in [-0.39, 0.29) is 6.09 Å². The van der Waals surface area contributed by atoms with Crippen LogP contribution in [0.5, 0.6) is 0 Å². The first-order chi connectivity index (χ1) is 17.5. The molecule has 1 amide bonds. The van der Waals surface area contributed by atoms with Crippen LogP contribution in [0, 0.1) is 0 Å². The summed E-state index contributed by atoms with van der Waals surface area (Å²) < 4.78 is 9.66. The van der Waals surface area contributed by atoms with Gasteiger partial charge in [0.05, 0.1) is 13.1 Å². The first-order valence-corrected chi connectivity index (χ1v) is 12.2. The molecule has 0 saturated heterocycles. The van der Waals surface area contributed by atoms with Gasteiger partial charge in [0.25, 0.3) is 0 Å². The highest BCUT2D eigenvalue weighted by Crippen LogP contribution is 2.18. The van der Waals surface area contributed by atoms with E-state index in [1.807, 2.05) is 26.8 Å². The molecule has 0 unspecified atom stereocenters. The van der Waals surface area contributed by atoms with Crippen molar-refractivity contribution in [3.05, 3.63) is 60.2 Å². The molecule has 200 valence electrons. The second-order valence-corrected chi connectivity index (χ2v) is 9.51. The molecule has 0 bridgehead atoms. The fourth-order valence-corrected chi connectivity index (χ4v) is 3.73. The highest BCUT2D eigenvalue weighted by molar-refractivity contribution is 6.26. The van der Waals surface area contributed by atoms with Crippen LogP contribution >= 0.6 is 0 Å². The van der Waals surface area contributed by atoms with Crippen LogP contribution in [0.25, 0.3) is 11.0 Å². The maximum absolute atomic E-state index is 11.7. The van der Waals surface area contributed by atoms with Crippen LogP contribution in [-0.2, 0) is 27.4 Å². The minimum Gasteiger partial charge on any atom is -0.539 e. The topological polar surface area (TPSA) is 151 Å². The van der Waals surface area contributed by atoms with Crippen molar-refractivity contribution in [3.8, 4) is 0 Å². The molecular formula is C27H36N4O6. The minimum atomic E-state index is -2.07. The third-order valence-electron chi connectivity index (χ3n) is 5.35. The minimum absolute atomic E-state index is 0.345. The zero-order chi connectivity index (χ0) is 27.4. The van der Waals surface area contributed by atoms with Gasteiger partial charge in [-0.05, 0) is 51.3 Å². The normalized spacial score (nSPS) is 10.9.